The van der Waals surface area contributed by atoms with Crippen molar-refractivity contribution in [3.63, 3.8) is 0 Å². The predicted molar refractivity (Wildman–Crippen MR) is 100 cm³/mol. The zero-order chi connectivity index (χ0) is 17.8. The van der Waals surface area contributed by atoms with Gasteiger partial charge in [-0.2, -0.15) is 0 Å². The van der Waals surface area contributed by atoms with Crippen molar-refractivity contribution < 1.29 is 14.3 Å². The molecule has 1 aromatic heterocycles. The van der Waals surface area contributed by atoms with Crippen LogP contribution < -0.4 is 14.8 Å². The van der Waals surface area contributed by atoms with E-state index in [0.29, 0.717) is 18.9 Å². The van der Waals surface area contributed by atoms with Crippen LogP contribution in [0.4, 0.5) is 0 Å². The largest absolute Gasteiger partial charge is 0.486 e. The van der Waals surface area contributed by atoms with Gasteiger partial charge in [0, 0.05) is 11.5 Å². The Bertz CT molecular complexity index is 968. The van der Waals surface area contributed by atoms with Crippen molar-refractivity contribution in [3.8, 4) is 11.5 Å². The van der Waals surface area contributed by atoms with Crippen LogP contribution in [0.15, 0.2) is 66.7 Å². The molecule has 0 spiro atoms. The maximum atomic E-state index is 12.0. The summed E-state index contributed by atoms with van der Waals surface area (Å²) in [6.07, 6.45) is 2.98. The van der Waals surface area contributed by atoms with Crippen molar-refractivity contribution in [1.82, 2.24) is 10.3 Å². The molecule has 0 saturated carbocycles. The third-order valence-electron chi connectivity index (χ3n) is 4.10. The monoisotopic (exact) mass is 346 g/mol. The van der Waals surface area contributed by atoms with Crippen molar-refractivity contribution in [2.24, 2.45) is 0 Å². The Morgan fingerprint density at radius 2 is 1.88 bits per heavy atom. The fraction of sp³-hybridized carbons (Fsp3) is 0.143. The van der Waals surface area contributed by atoms with Gasteiger partial charge in [-0.15, -0.1) is 0 Å². The Kier molecular flexibility index (Phi) is 4.51. The highest BCUT2D eigenvalue weighted by Crippen LogP contribution is 2.30. The summed E-state index contributed by atoms with van der Waals surface area (Å²) in [6, 6.07) is 19.3. The van der Waals surface area contributed by atoms with Gasteiger partial charge in [0.05, 0.1) is 17.8 Å². The third kappa shape index (κ3) is 3.67. The topological polar surface area (TPSA) is 60.5 Å². The lowest BCUT2D eigenvalue weighted by molar-refractivity contribution is -0.116. The molecule has 0 fully saturated rings. The second kappa shape index (κ2) is 7.27. The lowest BCUT2D eigenvalue weighted by Gasteiger charge is -2.26. The van der Waals surface area contributed by atoms with Crippen LogP contribution in [-0.2, 0) is 4.79 Å². The smallest absolute Gasteiger partial charge is 0.244 e. The number of hydrogen-bond acceptors (Lipinski definition) is 4. The van der Waals surface area contributed by atoms with Gasteiger partial charge in [-0.25, -0.2) is 4.98 Å². The zero-order valence-electron chi connectivity index (χ0n) is 14.1. The third-order valence-corrected chi connectivity index (χ3v) is 4.10. The van der Waals surface area contributed by atoms with Gasteiger partial charge < -0.3 is 14.8 Å². The molecule has 4 rings (SSSR count). The molecular weight excluding hydrogens is 328 g/mol. The molecule has 0 aliphatic carbocycles. The minimum absolute atomic E-state index is 0.192. The number of hydrogen-bond donors (Lipinski definition) is 1. The van der Waals surface area contributed by atoms with Gasteiger partial charge in [-0.05, 0) is 30.3 Å². The fourth-order valence-electron chi connectivity index (χ4n) is 2.77. The van der Waals surface area contributed by atoms with Gasteiger partial charge in [-0.3, -0.25) is 4.79 Å². The number of aromatic nitrogens is 1. The number of ether oxygens (including phenoxy) is 2. The quantitative estimate of drug-likeness (QED) is 0.737. The van der Waals surface area contributed by atoms with Gasteiger partial charge in [0.25, 0.3) is 0 Å². The van der Waals surface area contributed by atoms with Crippen molar-refractivity contribution in [1.29, 1.82) is 0 Å². The average molecular weight is 346 g/mol. The first-order chi connectivity index (χ1) is 12.8. The molecule has 5 heteroatoms. The van der Waals surface area contributed by atoms with E-state index >= 15 is 0 Å². The number of carbonyl (C=O) groups is 1. The molecule has 1 aliphatic rings. The van der Waals surface area contributed by atoms with E-state index in [2.05, 4.69) is 10.3 Å². The number of nitrogens with one attached hydrogen (secondary N) is 1. The molecule has 3 aromatic rings. The van der Waals surface area contributed by atoms with Crippen molar-refractivity contribution >= 4 is 22.9 Å². The van der Waals surface area contributed by atoms with Gasteiger partial charge in [-0.1, -0.05) is 36.4 Å². The first kappa shape index (κ1) is 16.1. The van der Waals surface area contributed by atoms with Crippen LogP contribution in [0, 0.1) is 0 Å². The average Bonchev–Trinajstić information content (AvgIpc) is 2.70. The van der Waals surface area contributed by atoms with E-state index in [4.69, 9.17) is 9.47 Å². The second-order valence-corrected chi connectivity index (χ2v) is 6.00. The molecule has 26 heavy (non-hydrogen) atoms. The minimum Gasteiger partial charge on any atom is -0.486 e. The Labute approximate surface area is 151 Å². The van der Waals surface area contributed by atoms with Gasteiger partial charge in [0.1, 0.15) is 12.7 Å². The van der Waals surface area contributed by atoms with Gasteiger partial charge in [0.2, 0.25) is 5.91 Å². The fourth-order valence-corrected chi connectivity index (χ4v) is 2.77. The number of nitrogens with zero attached hydrogens (tertiary/aromatic N) is 1. The molecule has 2 aromatic carbocycles. The zero-order valence-corrected chi connectivity index (χ0v) is 14.1. The maximum Gasteiger partial charge on any atom is 0.244 e. The van der Waals surface area contributed by atoms with Crippen molar-refractivity contribution in [2.75, 3.05) is 13.2 Å². The number of carbonyl (C=O) groups excluding carboxylic acids is 1. The second-order valence-electron chi connectivity index (χ2n) is 6.00. The summed E-state index contributed by atoms with van der Waals surface area (Å²) in [5.41, 5.74) is 1.64. The molecule has 0 saturated heterocycles. The molecule has 1 amide bonds. The van der Waals surface area contributed by atoms with E-state index in [1.54, 1.807) is 6.08 Å². The highest BCUT2D eigenvalue weighted by Gasteiger charge is 2.20. The summed E-state index contributed by atoms with van der Waals surface area (Å²) in [6.45, 7) is 0.788. The first-order valence-electron chi connectivity index (χ1n) is 8.48. The summed E-state index contributed by atoms with van der Waals surface area (Å²) in [7, 11) is 0. The van der Waals surface area contributed by atoms with Crippen LogP contribution in [0.2, 0.25) is 0 Å². The van der Waals surface area contributed by atoms with Crippen LogP contribution in [0.25, 0.3) is 17.0 Å². The van der Waals surface area contributed by atoms with E-state index in [-0.39, 0.29) is 12.0 Å². The van der Waals surface area contributed by atoms with E-state index in [1.807, 2.05) is 60.7 Å². The molecule has 1 N–H and O–H groups in total. The van der Waals surface area contributed by atoms with Crippen LogP contribution in [0.3, 0.4) is 0 Å². The molecule has 0 bridgehead atoms. The highest BCUT2D eigenvalue weighted by molar-refractivity contribution is 5.91. The van der Waals surface area contributed by atoms with Gasteiger partial charge in [0.15, 0.2) is 11.5 Å². The molecule has 2 heterocycles. The molecular formula is C21H18N2O3. The maximum absolute atomic E-state index is 12.0. The Morgan fingerprint density at radius 1 is 1.08 bits per heavy atom. The number of fused-ring (bicyclic) bond motifs is 2. The lowest BCUT2D eigenvalue weighted by Crippen LogP contribution is -2.40. The van der Waals surface area contributed by atoms with E-state index < -0.39 is 0 Å². The van der Waals surface area contributed by atoms with E-state index in [9.17, 15) is 4.79 Å². The van der Waals surface area contributed by atoms with Crippen molar-refractivity contribution in [2.45, 2.75) is 6.10 Å². The molecule has 130 valence electrons. The minimum atomic E-state index is -0.207. The molecule has 0 unspecified atom stereocenters. The summed E-state index contributed by atoms with van der Waals surface area (Å²) < 4.78 is 11.5. The Hall–Kier alpha value is -3.34. The number of amides is 1. The summed E-state index contributed by atoms with van der Waals surface area (Å²) in [5, 5.41) is 3.91. The number of benzene rings is 2. The molecule has 1 atom stereocenters. The van der Waals surface area contributed by atoms with Crippen LogP contribution >= 0.6 is 0 Å². The van der Waals surface area contributed by atoms with Gasteiger partial charge >= 0.3 is 0 Å². The van der Waals surface area contributed by atoms with E-state index in [0.717, 1.165) is 22.3 Å². The Morgan fingerprint density at radius 3 is 2.81 bits per heavy atom. The summed E-state index contributed by atoms with van der Waals surface area (Å²) >= 11 is 0. The normalized spacial score (nSPS) is 15.9. The van der Waals surface area contributed by atoms with Crippen molar-refractivity contribution in [3.05, 3.63) is 72.4 Å². The predicted octanol–water partition coefficient (Wildman–Crippen LogP) is 3.20. The highest BCUT2D eigenvalue weighted by atomic mass is 16.6. The molecule has 5 nitrogen and oxygen atoms in total. The number of rotatable bonds is 4. The lowest BCUT2D eigenvalue weighted by atomic mass is 10.2. The summed E-state index contributed by atoms with van der Waals surface area (Å²) in [5.74, 6) is 1.24. The van der Waals surface area contributed by atoms with Crippen LogP contribution in [-0.4, -0.2) is 30.1 Å². The standard InChI is InChI=1S/C21H18N2O3/c24-21(12-11-16-10-9-15-5-1-2-6-18(15)23-16)22-13-17-14-25-19-7-3-4-8-20(19)26-17/h1-12,17H,13-14H2,(H,22,24)/b12-11+/t17-/m0/s1. The number of pyridine rings is 1. The molecule has 0 radical (unpaired) electrons. The first-order valence-corrected chi connectivity index (χ1v) is 8.48. The SMILES string of the molecule is O=C(/C=C/c1ccc2ccccc2n1)NC[C@H]1COc2ccccc2O1. The van der Waals surface area contributed by atoms with Crippen LogP contribution in [0.1, 0.15) is 5.69 Å². The number of para-hydroxylation sites is 3. The van der Waals surface area contributed by atoms with Crippen LogP contribution in [0.5, 0.6) is 11.5 Å². The Balaban J connectivity index is 1.33. The molecule has 1 aliphatic heterocycles. The van der Waals surface area contributed by atoms with E-state index in [1.165, 1.54) is 6.08 Å². The summed E-state index contributed by atoms with van der Waals surface area (Å²) in [4.78, 5) is 16.6.